The molecule has 2 aromatic carbocycles. The highest BCUT2D eigenvalue weighted by Gasteiger charge is 2.15. The second-order valence-corrected chi connectivity index (χ2v) is 6.25. The first-order valence-corrected chi connectivity index (χ1v) is 8.87. The van der Waals surface area contributed by atoms with Crippen LogP contribution in [-0.2, 0) is 11.2 Å². The lowest BCUT2D eigenvalue weighted by molar-refractivity contribution is -0.132. The second-order valence-electron chi connectivity index (χ2n) is 6.25. The fraction of sp³-hybridized carbons (Fsp3) is 0.227. The lowest BCUT2D eigenvalue weighted by Crippen LogP contribution is -2.12. The SMILES string of the molecule is N#Cc1cc(C2=NCCC(C(=O)O)=C2)ccc1OCCCc1ccccc1. The zero-order valence-corrected chi connectivity index (χ0v) is 14.9. The molecule has 1 aliphatic heterocycles. The molecule has 2 aromatic rings. The standard InChI is InChI=1S/C22H20N2O3/c23-15-19-13-17(20-14-18(22(25)26)10-11-24-20)8-9-21(19)27-12-4-7-16-5-2-1-3-6-16/h1-3,5-6,8-9,13-14H,4,7,10-12H2,(H,25,26). The fourth-order valence-electron chi connectivity index (χ4n) is 2.93. The van der Waals surface area contributed by atoms with E-state index in [9.17, 15) is 10.1 Å². The van der Waals surface area contributed by atoms with Gasteiger partial charge < -0.3 is 9.84 Å². The van der Waals surface area contributed by atoms with Crippen LogP contribution in [0.25, 0.3) is 0 Å². The number of carboxylic acid groups (broad SMARTS) is 1. The Kier molecular flexibility index (Phi) is 6.01. The van der Waals surface area contributed by atoms with Crippen LogP contribution in [0.4, 0.5) is 0 Å². The Morgan fingerprint density at radius 1 is 1.22 bits per heavy atom. The smallest absolute Gasteiger partial charge is 0.331 e. The number of carbonyl (C=O) groups is 1. The number of ether oxygens (including phenoxy) is 1. The molecule has 0 aliphatic carbocycles. The molecule has 0 saturated heterocycles. The summed E-state index contributed by atoms with van der Waals surface area (Å²) in [7, 11) is 0. The molecule has 0 saturated carbocycles. The predicted molar refractivity (Wildman–Crippen MR) is 103 cm³/mol. The Hall–Kier alpha value is -3.39. The zero-order chi connectivity index (χ0) is 19.1. The predicted octanol–water partition coefficient (Wildman–Crippen LogP) is 3.77. The van der Waals surface area contributed by atoms with E-state index in [1.54, 1.807) is 18.2 Å². The maximum absolute atomic E-state index is 11.2. The molecule has 3 rings (SSSR count). The van der Waals surface area contributed by atoms with Gasteiger partial charge in [0.1, 0.15) is 11.8 Å². The Morgan fingerprint density at radius 2 is 2.04 bits per heavy atom. The number of aryl methyl sites for hydroxylation is 1. The molecule has 1 heterocycles. The molecule has 0 unspecified atom stereocenters. The Labute approximate surface area is 158 Å². The number of aliphatic imine (C=N–C) groups is 1. The Morgan fingerprint density at radius 3 is 2.78 bits per heavy atom. The van der Waals surface area contributed by atoms with E-state index in [4.69, 9.17) is 9.84 Å². The lowest BCUT2D eigenvalue weighted by atomic mass is 10.0. The third-order valence-electron chi connectivity index (χ3n) is 4.35. The molecular formula is C22H20N2O3. The number of dihydropyridines is 1. The van der Waals surface area contributed by atoms with Gasteiger partial charge in [0, 0.05) is 17.7 Å². The zero-order valence-electron chi connectivity index (χ0n) is 14.9. The largest absolute Gasteiger partial charge is 0.492 e. The van der Waals surface area contributed by atoms with Crippen molar-refractivity contribution in [1.82, 2.24) is 0 Å². The van der Waals surface area contributed by atoms with Crippen LogP contribution < -0.4 is 4.74 Å². The quantitative estimate of drug-likeness (QED) is 0.762. The Balaban J connectivity index is 1.65. The van der Waals surface area contributed by atoms with E-state index in [1.165, 1.54) is 5.56 Å². The van der Waals surface area contributed by atoms with Crippen LogP contribution in [0, 0.1) is 11.3 Å². The molecule has 0 bridgehead atoms. The van der Waals surface area contributed by atoms with Crippen molar-refractivity contribution in [2.45, 2.75) is 19.3 Å². The average molecular weight is 360 g/mol. The molecule has 0 aromatic heterocycles. The van der Waals surface area contributed by atoms with E-state index in [1.807, 2.05) is 24.3 Å². The number of allylic oxidation sites excluding steroid dienone is 1. The lowest BCUT2D eigenvalue weighted by Gasteiger charge is -2.13. The van der Waals surface area contributed by atoms with Gasteiger partial charge in [-0.2, -0.15) is 5.26 Å². The van der Waals surface area contributed by atoms with Gasteiger partial charge in [0.05, 0.1) is 17.9 Å². The molecule has 0 amide bonds. The molecule has 5 heteroatoms. The monoisotopic (exact) mass is 360 g/mol. The molecule has 0 radical (unpaired) electrons. The molecule has 0 fully saturated rings. The first-order valence-electron chi connectivity index (χ1n) is 8.87. The summed E-state index contributed by atoms with van der Waals surface area (Å²) in [5.41, 5.74) is 3.33. The molecule has 1 N–H and O–H groups in total. The van der Waals surface area contributed by atoms with Gasteiger partial charge in [-0.25, -0.2) is 4.79 Å². The molecule has 136 valence electrons. The maximum Gasteiger partial charge on any atom is 0.331 e. The summed E-state index contributed by atoms with van der Waals surface area (Å²) in [6.07, 6.45) is 3.77. The third-order valence-corrected chi connectivity index (χ3v) is 4.35. The minimum atomic E-state index is -0.929. The highest BCUT2D eigenvalue weighted by atomic mass is 16.5. The van der Waals surface area contributed by atoms with Crippen molar-refractivity contribution in [3.8, 4) is 11.8 Å². The fourth-order valence-corrected chi connectivity index (χ4v) is 2.93. The van der Waals surface area contributed by atoms with Gasteiger partial charge in [-0.05, 0) is 49.1 Å². The van der Waals surface area contributed by atoms with Gasteiger partial charge >= 0.3 is 5.97 Å². The van der Waals surface area contributed by atoms with Crippen LogP contribution in [0.3, 0.4) is 0 Å². The average Bonchev–Trinajstić information content (AvgIpc) is 2.72. The summed E-state index contributed by atoms with van der Waals surface area (Å²) >= 11 is 0. The minimum Gasteiger partial charge on any atom is -0.492 e. The molecule has 1 aliphatic rings. The minimum absolute atomic E-state index is 0.333. The molecule has 0 spiro atoms. The van der Waals surface area contributed by atoms with Crippen LogP contribution in [0.5, 0.6) is 5.75 Å². The van der Waals surface area contributed by atoms with Crippen molar-refractivity contribution >= 4 is 11.7 Å². The number of hydrogen-bond acceptors (Lipinski definition) is 4. The van der Waals surface area contributed by atoms with Crippen molar-refractivity contribution in [1.29, 1.82) is 5.26 Å². The van der Waals surface area contributed by atoms with Gasteiger partial charge in [0.25, 0.3) is 0 Å². The van der Waals surface area contributed by atoms with Gasteiger partial charge in [-0.1, -0.05) is 30.3 Å². The highest BCUT2D eigenvalue weighted by Crippen LogP contribution is 2.22. The second kappa shape index (κ2) is 8.81. The van der Waals surface area contributed by atoms with E-state index >= 15 is 0 Å². The van der Waals surface area contributed by atoms with E-state index < -0.39 is 5.97 Å². The van der Waals surface area contributed by atoms with Crippen LogP contribution in [0.15, 0.2) is 65.2 Å². The Bertz CT molecular complexity index is 924. The van der Waals surface area contributed by atoms with E-state index in [2.05, 4.69) is 23.2 Å². The molecule has 27 heavy (non-hydrogen) atoms. The number of rotatable bonds is 7. The van der Waals surface area contributed by atoms with E-state index in [0.717, 1.165) is 18.4 Å². The summed E-state index contributed by atoms with van der Waals surface area (Å²) in [5.74, 6) is -0.394. The maximum atomic E-state index is 11.2. The first-order chi connectivity index (χ1) is 13.2. The summed E-state index contributed by atoms with van der Waals surface area (Å²) in [6, 6.07) is 17.6. The van der Waals surface area contributed by atoms with Crippen molar-refractivity contribution in [3.63, 3.8) is 0 Å². The molecule has 5 nitrogen and oxygen atoms in total. The normalized spacial score (nSPS) is 13.3. The number of carboxylic acids is 1. The topological polar surface area (TPSA) is 82.7 Å². The van der Waals surface area contributed by atoms with Crippen molar-refractivity contribution in [3.05, 3.63) is 76.9 Å². The van der Waals surface area contributed by atoms with Crippen LogP contribution in [-0.4, -0.2) is 29.9 Å². The first kappa shape index (κ1) is 18.4. The number of nitrogens with zero attached hydrogens (tertiary/aromatic N) is 2. The number of aliphatic carboxylic acids is 1. The number of hydrogen-bond donors (Lipinski definition) is 1. The summed E-state index contributed by atoms with van der Waals surface area (Å²) in [6.45, 7) is 0.958. The van der Waals surface area contributed by atoms with Gasteiger partial charge in [0.15, 0.2) is 0 Å². The van der Waals surface area contributed by atoms with Gasteiger partial charge in [0.2, 0.25) is 0 Å². The van der Waals surface area contributed by atoms with Crippen LogP contribution in [0.2, 0.25) is 0 Å². The van der Waals surface area contributed by atoms with E-state index in [-0.39, 0.29) is 0 Å². The number of nitriles is 1. The van der Waals surface area contributed by atoms with Crippen molar-refractivity contribution in [2.24, 2.45) is 4.99 Å². The summed E-state index contributed by atoms with van der Waals surface area (Å²) in [5, 5.41) is 18.6. The van der Waals surface area contributed by atoms with Crippen LogP contribution in [0.1, 0.15) is 29.5 Å². The van der Waals surface area contributed by atoms with Crippen molar-refractivity contribution in [2.75, 3.05) is 13.2 Å². The van der Waals surface area contributed by atoms with Crippen molar-refractivity contribution < 1.29 is 14.6 Å². The third kappa shape index (κ3) is 4.83. The summed E-state index contributed by atoms with van der Waals surface area (Å²) in [4.78, 5) is 15.5. The van der Waals surface area contributed by atoms with Gasteiger partial charge in [-0.3, -0.25) is 4.99 Å². The molecule has 0 atom stereocenters. The van der Waals surface area contributed by atoms with E-state index in [0.29, 0.717) is 42.2 Å². The van der Waals surface area contributed by atoms with Crippen LogP contribution >= 0.6 is 0 Å². The number of benzene rings is 2. The van der Waals surface area contributed by atoms with Gasteiger partial charge in [-0.15, -0.1) is 0 Å². The highest BCUT2D eigenvalue weighted by molar-refractivity contribution is 6.12. The molecular weight excluding hydrogens is 340 g/mol. The summed E-state index contributed by atoms with van der Waals surface area (Å²) < 4.78 is 5.78.